The van der Waals surface area contributed by atoms with E-state index in [-0.39, 0.29) is 28.7 Å². The largest absolute Gasteiger partial charge is 0.508 e. The van der Waals surface area contributed by atoms with Gasteiger partial charge in [-0.3, -0.25) is 9.80 Å². The Morgan fingerprint density at radius 2 is 1.58 bits per heavy atom. The lowest BCUT2D eigenvalue weighted by Crippen LogP contribution is -2.24. The first-order chi connectivity index (χ1) is 15.1. The summed E-state index contributed by atoms with van der Waals surface area (Å²) in [7, 11) is 1.69. The first-order valence-electron chi connectivity index (χ1n) is 10.1. The Bertz CT molecular complexity index is 1380. The Labute approximate surface area is 178 Å². The zero-order chi connectivity index (χ0) is 21.5. The maximum atomic E-state index is 13.2. The minimum absolute atomic E-state index is 0.0663. The quantitative estimate of drug-likeness (QED) is 0.527. The molecule has 0 aliphatic carbocycles. The highest BCUT2D eigenvalue weighted by atomic mass is 16.3. The number of rotatable bonds is 3. The van der Waals surface area contributed by atoms with Gasteiger partial charge in [0.15, 0.2) is 0 Å². The molecule has 1 aliphatic rings. The number of aromatic hydroxyl groups is 2. The van der Waals surface area contributed by atoms with Crippen LogP contribution in [-0.2, 0) is 7.05 Å². The predicted octanol–water partition coefficient (Wildman–Crippen LogP) is 4.31. The molecule has 1 aromatic heterocycles. The topological polar surface area (TPSA) is 78.1 Å². The van der Waals surface area contributed by atoms with Gasteiger partial charge >= 0.3 is 0 Å². The van der Waals surface area contributed by atoms with Crippen molar-refractivity contribution in [3.8, 4) is 11.5 Å². The SMILES string of the molecule is Cn1c(=O)c(C2=NN(c3ccccc3)C(c3ccccc3O)C2)c(O)c2ccccc21. The highest BCUT2D eigenvalue weighted by Gasteiger charge is 2.34. The third kappa shape index (κ3) is 3.04. The molecule has 5 rings (SSSR count). The van der Waals surface area contributed by atoms with Gasteiger partial charge in [-0.1, -0.05) is 48.5 Å². The lowest BCUT2D eigenvalue weighted by atomic mass is 9.96. The van der Waals surface area contributed by atoms with Gasteiger partial charge in [0.2, 0.25) is 0 Å². The molecule has 154 valence electrons. The van der Waals surface area contributed by atoms with Crippen molar-refractivity contribution < 1.29 is 10.2 Å². The highest BCUT2D eigenvalue weighted by Crippen LogP contribution is 2.40. The van der Waals surface area contributed by atoms with Gasteiger partial charge in [0.1, 0.15) is 17.1 Å². The molecule has 6 heteroatoms. The van der Waals surface area contributed by atoms with Crippen molar-refractivity contribution in [2.24, 2.45) is 12.1 Å². The lowest BCUT2D eigenvalue weighted by molar-refractivity contribution is 0.461. The zero-order valence-corrected chi connectivity index (χ0v) is 16.9. The summed E-state index contributed by atoms with van der Waals surface area (Å²) in [6.45, 7) is 0. The Kier molecular flexibility index (Phi) is 4.47. The summed E-state index contributed by atoms with van der Waals surface area (Å²) in [5.41, 5.74) is 2.58. The summed E-state index contributed by atoms with van der Waals surface area (Å²) in [6, 6.07) is 23.7. The van der Waals surface area contributed by atoms with Gasteiger partial charge in [-0.05, 0) is 30.3 Å². The number of phenolic OH excluding ortho intramolecular Hbond substituents is 1. The van der Waals surface area contributed by atoms with E-state index in [1.165, 1.54) is 4.57 Å². The van der Waals surface area contributed by atoms with Gasteiger partial charge in [-0.25, -0.2) is 0 Å². The number of fused-ring (bicyclic) bond motifs is 1. The number of phenols is 1. The molecule has 6 nitrogen and oxygen atoms in total. The normalized spacial score (nSPS) is 16.0. The number of para-hydroxylation sites is 3. The molecule has 0 fully saturated rings. The van der Waals surface area contributed by atoms with Crippen molar-refractivity contribution in [2.75, 3.05) is 5.01 Å². The third-order valence-corrected chi connectivity index (χ3v) is 5.79. The van der Waals surface area contributed by atoms with E-state index in [2.05, 4.69) is 0 Å². The number of hydrogen-bond acceptors (Lipinski definition) is 5. The molecule has 0 amide bonds. The molecule has 2 N–H and O–H groups in total. The second-order valence-electron chi connectivity index (χ2n) is 7.61. The van der Waals surface area contributed by atoms with E-state index in [0.717, 1.165) is 5.69 Å². The van der Waals surface area contributed by atoms with Crippen LogP contribution >= 0.6 is 0 Å². The van der Waals surface area contributed by atoms with E-state index in [4.69, 9.17) is 5.10 Å². The first-order valence-corrected chi connectivity index (χ1v) is 10.1. The standard InChI is InChI=1S/C25H21N3O3/c1-27-20-13-7-5-12-18(20)24(30)23(25(27)31)19-15-21(17-11-6-8-14-22(17)29)28(26-19)16-9-3-2-4-10-16/h2-14,21,29-30H,15H2,1H3. The van der Waals surface area contributed by atoms with Crippen LogP contribution in [0.3, 0.4) is 0 Å². The molecule has 4 aromatic rings. The van der Waals surface area contributed by atoms with E-state index in [0.29, 0.717) is 28.6 Å². The summed E-state index contributed by atoms with van der Waals surface area (Å²) in [6.07, 6.45) is 0.369. The van der Waals surface area contributed by atoms with Crippen LogP contribution in [0.4, 0.5) is 5.69 Å². The fourth-order valence-electron chi connectivity index (χ4n) is 4.23. The van der Waals surface area contributed by atoms with E-state index >= 15 is 0 Å². The van der Waals surface area contributed by atoms with Crippen LogP contribution in [-0.4, -0.2) is 20.5 Å². The number of aryl methyl sites for hydroxylation is 1. The van der Waals surface area contributed by atoms with Crippen LogP contribution in [0.2, 0.25) is 0 Å². The molecule has 0 saturated carbocycles. The molecular weight excluding hydrogens is 390 g/mol. The zero-order valence-electron chi connectivity index (χ0n) is 16.9. The fourth-order valence-corrected chi connectivity index (χ4v) is 4.23. The average Bonchev–Trinajstić information content (AvgIpc) is 3.23. The van der Waals surface area contributed by atoms with Gasteiger partial charge in [0.05, 0.1) is 23.0 Å². The number of anilines is 1. The van der Waals surface area contributed by atoms with Gasteiger partial charge in [0, 0.05) is 24.4 Å². The second-order valence-corrected chi connectivity index (χ2v) is 7.61. The van der Waals surface area contributed by atoms with Crippen molar-refractivity contribution >= 4 is 22.3 Å². The molecule has 31 heavy (non-hydrogen) atoms. The Hall–Kier alpha value is -4.06. The molecule has 3 aromatic carbocycles. The van der Waals surface area contributed by atoms with Gasteiger partial charge in [-0.15, -0.1) is 0 Å². The molecule has 2 heterocycles. The third-order valence-electron chi connectivity index (χ3n) is 5.79. The molecule has 0 radical (unpaired) electrons. The van der Waals surface area contributed by atoms with E-state index in [1.54, 1.807) is 36.3 Å². The van der Waals surface area contributed by atoms with Crippen LogP contribution in [0.15, 0.2) is 88.8 Å². The van der Waals surface area contributed by atoms with Gasteiger partial charge in [-0.2, -0.15) is 5.10 Å². The number of hydrazone groups is 1. The van der Waals surface area contributed by atoms with E-state index in [1.807, 2.05) is 54.6 Å². The minimum Gasteiger partial charge on any atom is -0.508 e. The first kappa shape index (κ1) is 18.9. The summed E-state index contributed by atoms with van der Waals surface area (Å²) in [5, 5.41) is 28.7. The average molecular weight is 411 g/mol. The summed E-state index contributed by atoms with van der Waals surface area (Å²) >= 11 is 0. The van der Waals surface area contributed by atoms with Crippen molar-refractivity contribution in [1.29, 1.82) is 0 Å². The second kappa shape index (κ2) is 7.32. The van der Waals surface area contributed by atoms with Crippen LogP contribution in [0.1, 0.15) is 23.6 Å². The Balaban J connectivity index is 1.71. The lowest BCUT2D eigenvalue weighted by Gasteiger charge is -2.24. The van der Waals surface area contributed by atoms with Crippen LogP contribution in [0, 0.1) is 0 Å². The molecule has 1 unspecified atom stereocenters. The van der Waals surface area contributed by atoms with E-state index < -0.39 is 0 Å². The maximum absolute atomic E-state index is 13.2. The molecule has 0 bridgehead atoms. The Morgan fingerprint density at radius 1 is 0.903 bits per heavy atom. The van der Waals surface area contributed by atoms with Gasteiger partial charge < -0.3 is 14.8 Å². The summed E-state index contributed by atoms with van der Waals surface area (Å²) in [5.74, 6) is 0.101. The van der Waals surface area contributed by atoms with Crippen molar-refractivity contribution in [3.05, 3.63) is 100 Å². The summed E-state index contributed by atoms with van der Waals surface area (Å²) in [4.78, 5) is 13.2. The minimum atomic E-state index is -0.311. The van der Waals surface area contributed by atoms with E-state index in [9.17, 15) is 15.0 Å². The monoisotopic (exact) mass is 411 g/mol. The molecule has 0 spiro atoms. The maximum Gasteiger partial charge on any atom is 0.263 e. The van der Waals surface area contributed by atoms with Crippen molar-refractivity contribution in [3.63, 3.8) is 0 Å². The molecule has 0 saturated heterocycles. The van der Waals surface area contributed by atoms with Crippen LogP contribution < -0.4 is 10.6 Å². The fraction of sp³-hybridized carbons (Fsp3) is 0.120. The molecule has 1 atom stereocenters. The smallest absolute Gasteiger partial charge is 0.263 e. The predicted molar refractivity (Wildman–Crippen MR) is 122 cm³/mol. The van der Waals surface area contributed by atoms with Crippen molar-refractivity contribution in [1.82, 2.24) is 4.57 Å². The number of pyridine rings is 1. The van der Waals surface area contributed by atoms with Gasteiger partial charge in [0.25, 0.3) is 5.56 Å². The number of nitrogens with zero attached hydrogens (tertiary/aromatic N) is 3. The summed E-state index contributed by atoms with van der Waals surface area (Å²) < 4.78 is 1.53. The number of aromatic nitrogens is 1. The Morgan fingerprint density at radius 3 is 2.35 bits per heavy atom. The number of hydrogen-bond donors (Lipinski definition) is 2. The molecular formula is C25H21N3O3. The van der Waals surface area contributed by atoms with Crippen molar-refractivity contribution in [2.45, 2.75) is 12.5 Å². The molecule has 1 aliphatic heterocycles. The van der Waals surface area contributed by atoms with Crippen LogP contribution in [0.25, 0.3) is 10.9 Å². The number of benzene rings is 3. The highest BCUT2D eigenvalue weighted by molar-refractivity contribution is 6.08. The van der Waals surface area contributed by atoms with Crippen LogP contribution in [0.5, 0.6) is 11.5 Å².